The lowest BCUT2D eigenvalue weighted by atomic mass is 10.2. The molecule has 0 heterocycles. The summed E-state index contributed by atoms with van der Waals surface area (Å²) in [4.78, 5) is 15.4. The first-order valence-corrected chi connectivity index (χ1v) is 4.55. The van der Waals surface area contributed by atoms with Crippen molar-refractivity contribution in [3.8, 4) is 0 Å². The maximum Gasteiger partial charge on any atom is 0.235 e. The van der Waals surface area contributed by atoms with Crippen LogP contribution in [0.15, 0.2) is 29.3 Å². The quantitative estimate of drug-likeness (QED) is 0.535. The maximum absolute atomic E-state index is 9.86. The van der Waals surface area contributed by atoms with Crippen molar-refractivity contribution < 1.29 is 4.79 Å². The lowest BCUT2D eigenvalue weighted by Crippen LogP contribution is -2.20. The van der Waals surface area contributed by atoms with Crippen LogP contribution in [0, 0.1) is 6.92 Å². The van der Waals surface area contributed by atoms with Gasteiger partial charge < -0.3 is 4.90 Å². The SMILES string of the molecule is Cc1ccc(N(C)CCN=C=O)cc1. The number of nitrogens with zero attached hydrogens (tertiary/aromatic N) is 2. The van der Waals surface area contributed by atoms with Crippen LogP contribution in [0.3, 0.4) is 0 Å². The van der Waals surface area contributed by atoms with Crippen molar-refractivity contribution in [3.63, 3.8) is 0 Å². The Hall–Kier alpha value is -1.60. The molecule has 0 aromatic heterocycles. The number of hydrogen-bond acceptors (Lipinski definition) is 3. The van der Waals surface area contributed by atoms with Crippen LogP contribution in [0.2, 0.25) is 0 Å². The molecule has 0 aliphatic carbocycles. The number of aliphatic imine (C=N–C) groups is 1. The van der Waals surface area contributed by atoms with E-state index >= 15 is 0 Å². The average molecular weight is 190 g/mol. The molecular formula is C11H14N2O. The zero-order chi connectivity index (χ0) is 10.4. The van der Waals surface area contributed by atoms with Crippen LogP contribution in [0.1, 0.15) is 5.56 Å². The standard InChI is InChI=1S/C11H14N2O/c1-10-3-5-11(6-4-10)13(2)8-7-12-9-14/h3-6H,7-8H2,1-2H3. The first-order valence-electron chi connectivity index (χ1n) is 4.55. The third kappa shape index (κ3) is 3.04. The van der Waals surface area contributed by atoms with Gasteiger partial charge in [-0.05, 0) is 19.1 Å². The fourth-order valence-corrected chi connectivity index (χ4v) is 1.17. The predicted molar refractivity (Wildman–Crippen MR) is 57.4 cm³/mol. The minimum absolute atomic E-state index is 0.494. The molecule has 1 aromatic carbocycles. The van der Waals surface area contributed by atoms with Gasteiger partial charge in [0.2, 0.25) is 6.08 Å². The summed E-state index contributed by atoms with van der Waals surface area (Å²) in [6, 6.07) is 8.24. The van der Waals surface area contributed by atoms with Crippen molar-refractivity contribution in [2.45, 2.75) is 6.92 Å². The number of isocyanates is 1. The van der Waals surface area contributed by atoms with E-state index in [-0.39, 0.29) is 0 Å². The van der Waals surface area contributed by atoms with Crippen molar-refractivity contribution >= 4 is 11.8 Å². The molecule has 0 aliphatic heterocycles. The molecule has 0 aliphatic rings. The lowest BCUT2D eigenvalue weighted by molar-refractivity contribution is 0.563. The van der Waals surface area contributed by atoms with Crippen LogP contribution in [-0.2, 0) is 4.79 Å². The van der Waals surface area contributed by atoms with E-state index in [0.29, 0.717) is 6.54 Å². The van der Waals surface area contributed by atoms with Gasteiger partial charge in [-0.2, -0.15) is 0 Å². The van der Waals surface area contributed by atoms with Gasteiger partial charge in [-0.1, -0.05) is 17.7 Å². The first kappa shape index (κ1) is 10.5. The Labute approximate surface area is 84.1 Å². The average Bonchev–Trinajstić information content (AvgIpc) is 2.19. The number of aryl methyl sites for hydroxylation is 1. The Morgan fingerprint density at radius 2 is 2.00 bits per heavy atom. The number of benzene rings is 1. The zero-order valence-electron chi connectivity index (χ0n) is 8.53. The van der Waals surface area contributed by atoms with E-state index in [2.05, 4.69) is 41.1 Å². The van der Waals surface area contributed by atoms with Gasteiger partial charge in [0.05, 0.1) is 6.54 Å². The van der Waals surface area contributed by atoms with Crippen LogP contribution in [-0.4, -0.2) is 26.2 Å². The Bertz CT molecular complexity index is 326. The largest absolute Gasteiger partial charge is 0.373 e. The van der Waals surface area contributed by atoms with Crippen molar-refractivity contribution in [1.82, 2.24) is 0 Å². The second kappa shape index (κ2) is 5.20. The Kier molecular flexibility index (Phi) is 3.89. The van der Waals surface area contributed by atoms with Gasteiger partial charge in [-0.25, -0.2) is 9.79 Å². The lowest BCUT2D eigenvalue weighted by Gasteiger charge is -2.17. The molecule has 0 amide bonds. The summed E-state index contributed by atoms with van der Waals surface area (Å²) in [6.45, 7) is 3.28. The number of rotatable bonds is 4. The molecule has 0 spiro atoms. The summed E-state index contributed by atoms with van der Waals surface area (Å²) < 4.78 is 0. The highest BCUT2D eigenvalue weighted by Crippen LogP contribution is 2.12. The third-order valence-corrected chi connectivity index (χ3v) is 2.09. The van der Waals surface area contributed by atoms with Crippen LogP contribution in [0.5, 0.6) is 0 Å². The minimum Gasteiger partial charge on any atom is -0.373 e. The van der Waals surface area contributed by atoms with Crippen molar-refractivity contribution in [1.29, 1.82) is 0 Å². The highest BCUT2D eigenvalue weighted by Gasteiger charge is 1.98. The minimum atomic E-state index is 0.494. The monoisotopic (exact) mass is 190 g/mol. The third-order valence-electron chi connectivity index (χ3n) is 2.09. The summed E-state index contributed by atoms with van der Waals surface area (Å²) in [5, 5.41) is 0. The van der Waals surface area contributed by atoms with E-state index in [4.69, 9.17) is 0 Å². The molecule has 0 saturated heterocycles. The van der Waals surface area contributed by atoms with Gasteiger partial charge in [0.1, 0.15) is 0 Å². The summed E-state index contributed by atoms with van der Waals surface area (Å²) in [5.41, 5.74) is 2.38. The van der Waals surface area contributed by atoms with Crippen molar-refractivity contribution in [2.24, 2.45) is 4.99 Å². The van der Waals surface area contributed by atoms with E-state index in [1.54, 1.807) is 0 Å². The number of hydrogen-bond donors (Lipinski definition) is 0. The fourth-order valence-electron chi connectivity index (χ4n) is 1.17. The highest BCUT2D eigenvalue weighted by molar-refractivity contribution is 5.46. The molecular weight excluding hydrogens is 176 g/mol. The van der Waals surface area contributed by atoms with Crippen molar-refractivity contribution in [3.05, 3.63) is 29.8 Å². The van der Waals surface area contributed by atoms with E-state index in [9.17, 15) is 4.79 Å². The summed E-state index contributed by atoms with van der Waals surface area (Å²) >= 11 is 0. The van der Waals surface area contributed by atoms with Crippen LogP contribution in [0.25, 0.3) is 0 Å². The van der Waals surface area contributed by atoms with Crippen molar-refractivity contribution in [2.75, 3.05) is 25.0 Å². The second-order valence-electron chi connectivity index (χ2n) is 3.23. The topological polar surface area (TPSA) is 32.7 Å². The van der Waals surface area contributed by atoms with Gasteiger partial charge >= 0.3 is 0 Å². The van der Waals surface area contributed by atoms with E-state index in [1.807, 2.05) is 7.05 Å². The molecule has 0 atom stereocenters. The first-order chi connectivity index (χ1) is 6.74. The van der Waals surface area contributed by atoms with Gasteiger partial charge in [-0.3, -0.25) is 0 Å². The summed E-state index contributed by atoms with van der Waals surface area (Å²) in [6.07, 6.45) is 1.53. The molecule has 0 unspecified atom stereocenters. The molecule has 74 valence electrons. The van der Waals surface area contributed by atoms with E-state index in [1.165, 1.54) is 11.6 Å². The molecule has 3 nitrogen and oxygen atoms in total. The number of likely N-dealkylation sites (N-methyl/N-ethyl adjacent to an activating group) is 1. The Morgan fingerprint density at radius 1 is 1.36 bits per heavy atom. The molecule has 0 N–H and O–H groups in total. The van der Waals surface area contributed by atoms with Gasteiger partial charge in [-0.15, -0.1) is 0 Å². The zero-order valence-corrected chi connectivity index (χ0v) is 8.53. The molecule has 1 aromatic rings. The summed E-state index contributed by atoms with van der Waals surface area (Å²) in [5.74, 6) is 0. The summed E-state index contributed by atoms with van der Waals surface area (Å²) in [7, 11) is 1.98. The molecule has 0 saturated carbocycles. The van der Waals surface area contributed by atoms with Crippen LogP contribution >= 0.6 is 0 Å². The van der Waals surface area contributed by atoms with E-state index in [0.717, 1.165) is 12.2 Å². The van der Waals surface area contributed by atoms with E-state index < -0.39 is 0 Å². The Balaban J connectivity index is 2.55. The molecule has 1 rings (SSSR count). The van der Waals surface area contributed by atoms with Gasteiger partial charge in [0.25, 0.3) is 0 Å². The van der Waals surface area contributed by atoms with Gasteiger partial charge in [0, 0.05) is 19.3 Å². The molecule has 14 heavy (non-hydrogen) atoms. The van der Waals surface area contributed by atoms with Gasteiger partial charge in [0.15, 0.2) is 0 Å². The fraction of sp³-hybridized carbons (Fsp3) is 0.364. The number of anilines is 1. The molecule has 0 fully saturated rings. The smallest absolute Gasteiger partial charge is 0.235 e. The highest BCUT2D eigenvalue weighted by atomic mass is 16.1. The normalized spacial score (nSPS) is 9.29. The second-order valence-corrected chi connectivity index (χ2v) is 3.23. The maximum atomic E-state index is 9.86. The van der Waals surface area contributed by atoms with Crippen LogP contribution in [0.4, 0.5) is 5.69 Å². The molecule has 0 radical (unpaired) electrons. The van der Waals surface area contributed by atoms with Crippen LogP contribution < -0.4 is 4.90 Å². The predicted octanol–water partition coefficient (Wildman–Crippen LogP) is 1.77. The molecule has 3 heteroatoms. The molecule has 0 bridgehead atoms. The Morgan fingerprint density at radius 3 is 2.57 bits per heavy atom. The number of carbonyl (C=O) groups excluding carboxylic acids is 1.